The molecule has 0 aliphatic carbocycles. The predicted molar refractivity (Wildman–Crippen MR) is 68.3 cm³/mol. The van der Waals surface area contributed by atoms with E-state index in [0.29, 0.717) is 23.2 Å². The second-order valence-corrected chi connectivity index (χ2v) is 4.28. The molecule has 1 aromatic rings. The number of methoxy groups -OCH3 is 2. The summed E-state index contributed by atoms with van der Waals surface area (Å²) in [7, 11) is 3.08. The molecule has 0 fully saturated rings. The fourth-order valence-corrected chi connectivity index (χ4v) is 2.07. The van der Waals surface area contributed by atoms with E-state index in [4.69, 9.17) is 14.6 Å². The third-order valence-corrected chi connectivity index (χ3v) is 2.96. The second kappa shape index (κ2) is 6.49. The van der Waals surface area contributed by atoms with Crippen molar-refractivity contribution in [1.29, 1.82) is 0 Å². The van der Waals surface area contributed by atoms with Gasteiger partial charge in [-0.15, -0.1) is 0 Å². The maximum atomic E-state index is 11.2. The van der Waals surface area contributed by atoms with Gasteiger partial charge in [0.25, 0.3) is 0 Å². The van der Waals surface area contributed by atoms with E-state index in [9.17, 15) is 4.79 Å². The Kier molecular flexibility index (Phi) is 5.28. The fourth-order valence-electron chi connectivity index (χ4n) is 1.61. The Morgan fingerprint density at radius 3 is 2.47 bits per heavy atom. The summed E-state index contributed by atoms with van der Waals surface area (Å²) in [5.41, 5.74) is 0.717. The standard InChI is InChI=1S/C12H15BrO4/c1-16-10-4-3-8(7-11(10)17-2)9(5-6-13)12(14)15/h3-4,7,9H,5-6H2,1-2H3,(H,14,15). The molecule has 4 nitrogen and oxygen atoms in total. The Labute approximate surface area is 109 Å². The van der Waals surface area contributed by atoms with Gasteiger partial charge in [0, 0.05) is 5.33 Å². The summed E-state index contributed by atoms with van der Waals surface area (Å²) < 4.78 is 10.3. The number of hydrogen-bond donors (Lipinski definition) is 1. The van der Waals surface area contributed by atoms with Crippen LogP contribution in [0.25, 0.3) is 0 Å². The third kappa shape index (κ3) is 3.36. The van der Waals surface area contributed by atoms with Gasteiger partial charge in [-0.05, 0) is 24.1 Å². The molecular weight excluding hydrogens is 288 g/mol. The maximum absolute atomic E-state index is 11.2. The molecule has 1 N–H and O–H groups in total. The van der Waals surface area contributed by atoms with E-state index in [1.54, 1.807) is 25.3 Å². The van der Waals surface area contributed by atoms with Crippen molar-refractivity contribution in [1.82, 2.24) is 0 Å². The number of halogens is 1. The topological polar surface area (TPSA) is 55.8 Å². The van der Waals surface area contributed by atoms with Gasteiger partial charge in [-0.1, -0.05) is 22.0 Å². The third-order valence-electron chi connectivity index (χ3n) is 2.51. The first-order valence-electron chi connectivity index (χ1n) is 5.14. The zero-order chi connectivity index (χ0) is 12.8. The molecule has 0 spiro atoms. The first-order chi connectivity index (χ1) is 8.13. The molecular formula is C12H15BrO4. The Bertz CT molecular complexity index is 392. The van der Waals surface area contributed by atoms with Crippen LogP contribution in [-0.4, -0.2) is 30.6 Å². The predicted octanol–water partition coefficient (Wildman–Crippen LogP) is 2.66. The molecule has 1 rings (SSSR count). The average Bonchev–Trinajstić information content (AvgIpc) is 2.34. The number of carbonyl (C=O) groups is 1. The van der Waals surface area contributed by atoms with Crippen LogP contribution in [0.3, 0.4) is 0 Å². The monoisotopic (exact) mass is 302 g/mol. The number of carboxylic acid groups (broad SMARTS) is 1. The number of carboxylic acids is 1. The van der Waals surface area contributed by atoms with Gasteiger partial charge in [0.2, 0.25) is 0 Å². The molecule has 0 aliphatic heterocycles. The summed E-state index contributed by atoms with van der Waals surface area (Å²) in [4.78, 5) is 11.2. The minimum absolute atomic E-state index is 0.533. The number of hydrogen-bond acceptors (Lipinski definition) is 3. The van der Waals surface area contributed by atoms with Crippen molar-refractivity contribution in [3.05, 3.63) is 23.8 Å². The molecule has 0 amide bonds. The largest absolute Gasteiger partial charge is 0.493 e. The van der Waals surface area contributed by atoms with Crippen molar-refractivity contribution in [2.45, 2.75) is 12.3 Å². The van der Waals surface area contributed by atoms with Crippen molar-refractivity contribution in [3.8, 4) is 11.5 Å². The van der Waals surface area contributed by atoms with E-state index in [0.717, 1.165) is 5.56 Å². The number of benzene rings is 1. The molecule has 0 saturated carbocycles. The Balaban J connectivity index is 3.08. The summed E-state index contributed by atoms with van der Waals surface area (Å²) in [5.74, 6) is -0.226. The maximum Gasteiger partial charge on any atom is 0.311 e. The Hall–Kier alpha value is -1.23. The zero-order valence-electron chi connectivity index (χ0n) is 9.77. The summed E-state index contributed by atoms with van der Waals surface area (Å²) in [6.07, 6.45) is 0.533. The number of alkyl halides is 1. The number of rotatable bonds is 6. The van der Waals surface area contributed by atoms with Gasteiger partial charge in [-0.2, -0.15) is 0 Å². The molecule has 17 heavy (non-hydrogen) atoms. The van der Waals surface area contributed by atoms with Crippen molar-refractivity contribution in [2.24, 2.45) is 0 Å². The second-order valence-electron chi connectivity index (χ2n) is 3.48. The van der Waals surface area contributed by atoms with E-state index in [1.807, 2.05) is 0 Å². The van der Waals surface area contributed by atoms with Gasteiger partial charge in [0.15, 0.2) is 11.5 Å². The summed E-state index contributed by atoms with van der Waals surface area (Å²) in [6, 6.07) is 5.18. The molecule has 5 heteroatoms. The highest BCUT2D eigenvalue weighted by molar-refractivity contribution is 9.09. The molecule has 0 bridgehead atoms. The summed E-state index contributed by atoms with van der Waals surface area (Å²) in [5, 5.41) is 9.79. The molecule has 94 valence electrons. The Morgan fingerprint density at radius 1 is 1.35 bits per heavy atom. The van der Waals surface area contributed by atoms with Crippen LogP contribution in [0, 0.1) is 0 Å². The van der Waals surface area contributed by atoms with Crippen LogP contribution in [0.15, 0.2) is 18.2 Å². The van der Waals surface area contributed by atoms with Crippen LogP contribution in [0.2, 0.25) is 0 Å². The van der Waals surface area contributed by atoms with Crippen LogP contribution < -0.4 is 9.47 Å². The molecule has 1 unspecified atom stereocenters. The first-order valence-corrected chi connectivity index (χ1v) is 6.26. The smallest absolute Gasteiger partial charge is 0.311 e. The van der Waals surface area contributed by atoms with Gasteiger partial charge in [0.1, 0.15) is 0 Å². The van der Waals surface area contributed by atoms with E-state index in [-0.39, 0.29) is 0 Å². The lowest BCUT2D eigenvalue weighted by molar-refractivity contribution is -0.138. The molecule has 0 aromatic heterocycles. The molecule has 1 aromatic carbocycles. The van der Waals surface area contributed by atoms with Crippen molar-refractivity contribution >= 4 is 21.9 Å². The van der Waals surface area contributed by atoms with Crippen LogP contribution >= 0.6 is 15.9 Å². The van der Waals surface area contributed by atoms with E-state index in [2.05, 4.69) is 15.9 Å². The Morgan fingerprint density at radius 2 is 2.00 bits per heavy atom. The lowest BCUT2D eigenvalue weighted by Gasteiger charge is -2.14. The van der Waals surface area contributed by atoms with Gasteiger partial charge in [-0.3, -0.25) is 4.79 Å². The fraction of sp³-hybridized carbons (Fsp3) is 0.417. The number of ether oxygens (including phenoxy) is 2. The summed E-state index contributed by atoms with van der Waals surface area (Å²) in [6.45, 7) is 0. The zero-order valence-corrected chi connectivity index (χ0v) is 11.4. The van der Waals surface area contributed by atoms with Gasteiger partial charge in [-0.25, -0.2) is 0 Å². The normalized spacial score (nSPS) is 11.9. The SMILES string of the molecule is COc1ccc(C(CCBr)C(=O)O)cc1OC. The van der Waals surface area contributed by atoms with E-state index in [1.165, 1.54) is 7.11 Å². The average molecular weight is 303 g/mol. The van der Waals surface area contributed by atoms with Crippen molar-refractivity contribution < 1.29 is 19.4 Å². The molecule has 1 atom stereocenters. The molecule has 0 saturated heterocycles. The minimum atomic E-state index is -0.836. The lowest BCUT2D eigenvalue weighted by Crippen LogP contribution is -2.12. The van der Waals surface area contributed by atoms with E-state index >= 15 is 0 Å². The summed E-state index contributed by atoms with van der Waals surface area (Å²) >= 11 is 3.26. The van der Waals surface area contributed by atoms with E-state index < -0.39 is 11.9 Å². The highest BCUT2D eigenvalue weighted by Crippen LogP contribution is 2.32. The molecule has 0 aliphatic rings. The van der Waals surface area contributed by atoms with Crippen LogP contribution in [0.5, 0.6) is 11.5 Å². The van der Waals surface area contributed by atoms with Gasteiger partial charge >= 0.3 is 5.97 Å². The highest BCUT2D eigenvalue weighted by atomic mass is 79.9. The van der Waals surface area contributed by atoms with Crippen LogP contribution in [0.1, 0.15) is 17.9 Å². The molecule has 0 radical (unpaired) electrons. The van der Waals surface area contributed by atoms with Crippen LogP contribution in [0.4, 0.5) is 0 Å². The first kappa shape index (κ1) is 13.8. The lowest BCUT2D eigenvalue weighted by atomic mass is 9.96. The minimum Gasteiger partial charge on any atom is -0.493 e. The number of aliphatic carboxylic acids is 1. The van der Waals surface area contributed by atoms with Crippen molar-refractivity contribution in [2.75, 3.05) is 19.5 Å². The van der Waals surface area contributed by atoms with Gasteiger partial charge in [0.05, 0.1) is 20.1 Å². The van der Waals surface area contributed by atoms with Gasteiger partial charge < -0.3 is 14.6 Å². The molecule has 0 heterocycles. The van der Waals surface area contributed by atoms with Crippen LogP contribution in [-0.2, 0) is 4.79 Å². The highest BCUT2D eigenvalue weighted by Gasteiger charge is 2.20. The quantitative estimate of drug-likeness (QED) is 0.821. The van der Waals surface area contributed by atoms with Crippen molar-refractivity contribution in [3.63, 3.8) is 0 Å².